The summed E-state index contributed by atoms with van der Waals surface area (Å²) in [7, 11) is 0. The molecule has 1 aromatic heterocycles. The smallest absolute Gasteiger partial charge is 0.396 e. The van der Waals surface area contributed by atoms with E-state index in [0.29, 0.717) is 17.2 Å². The van der Waals surface area contributed by atoms with Crippen molar-refractivity contribution in [2.75, 3.05) is 11.1 Å². The highest BCUT2D eigenvalue weighted by atomic mass is 35.5. The maximum absolute atomic E-state index is 12.4. The Hall–Kier alpha value is -1.95. The number of pyridine rings is 1. The van der Waals surface area contributed by atoms with Crippen LogP contribution in [0.15, 0.2) is 36.4 Å². The fraction of sp³-hybridized carbons (Fsp3) is 0.0833. The van der Waals surface area contributed by atoms with Crippen LogP contribution in [0.1, 0.15) is 5.56 Å². The Bertz CT molecular complexity index is 582. The molecule has 0 unspecified atom stereocenters. The zero-order valence-electron chi connectivity index (χ0n) is 9.50. The van der Waals surface area contributed by atoms with Crippen molar-refractivity contribution in [2.45, 2.75) is 6.18 Å². The normalized spacial score (nSPS) is 11.4. The Morgan fingerprint density at radius 1 is 1.05 bits per heavy atom. The van der Waals surface area contributed by atoms with Crippen LogP contribution in [0.3, 0.4) is 0 Å². The van der Waals surface area contributed by atoms with Gasteiger partial charge in [-0.15, -0.1) is 0 Å². The number of nitrogens with two attached hydrogens (primary N) is 1. The van der Waals surface area contributed by atoms with Gasteiger partial charge < -0.3 is 11.1 Å². The Balaban J connectivity index is 2.22. The second-order valence-electron chi connectivity index (χ2n) is 3.77. The highest BCUT2D eigenvalue weighted by Gasteiger charge is 2.29. The number of rotatable bonds is 2. The standard InChI is InChI=1S/C12H9ClF3N3/c13-10-6-5-9(17)11(19-10)18-8-3-1-7(2-4-8)12(14,15)16/h1-6H,17H2,(H,18,19). The number of benzene rings is 1. The van der Waals surface area contributed by atoms with Crippen molar-refractivity contribution >= 4 is 28.8 Å². The summed E-state index contributed by atoms with van der Waals surface area (Å²) in [6, 6.07) is 7.62. The number of nitrogen functional groups attached to an aromatic ring is 1. The average Bonchev–Trinajstić information content (AvgIpc) is 2.33. The third-order valence-electron chi connectivity index (χ3n) is 2.37. The zero-order chi connectivity index (χ0) is 14.0. The number of anilines is 3. The van der Waals surface area contributed by atoms with Gasteiger partial charge in [-0.2, -0.15) is 13.2 Å². The molecule has 19 heavy (non-hydrogen) atoms. The van der Waals surface area contributed by atoms with Crippen LogP contribution >= 0.6 is 11.6 Å². The molecule has 0 bridgehead atoms. The summed E-state index contributed by atoms with van der Waals surface area (Å²) >= 11 is 5.71. The summed E-state index contributed by atoms with van der Waals surface area (Å²) < 4.78 is 37.2. The quantitative estimate of drug-likeness (QED) is 0.818. The van der Waals surface area contributed by atoms with E-state index >= 15 is 0 Å². The Labute approximate surface area is 112 Å². The van der Waals surface area contributed by atoms with Crippen molar-refractivity contribution < 1.29 is 13.2 Å². The highest BCUT2D eigenvalue weighted by Crippen LogP contribution is 2.30. The van der Waals surface area contributed by atoms with Gasteiger partial charge in [0.2, 0.25) is 0 Å². The summed E-state index contributed by atoms with van der Waals surface area (Å²) in [6.07, 6.45) is -4.36. The van der Waals surface area contributed by atoms with Crippen molar-refractivity contribution in [3.05, 3.63) is 47.1 Å². The Kier molecular flexibility index (Phi) is 3.53. The maximum Gasteiger partial charge on any atom is 0.416 e. The van der Waals surface area contributed by atoms with E-state index in [1.165, 1.54) is 18.2 Å². The number of nitrogens with one attached hydrogen (secondary N) is 1. The average molecular weight is 288 g/mol. The Morgan fingerprint density at radius 2 is 1.68 bits per heavy atom. The lowest BCUT2D eigenvalue weighted by Gasteiger charge is -2.10. The van der Waals surface area contributed by atoms with Gasteiger partial charge in [0.05, 0.1) is 11.3 Å². The van der Waals surface area contributed by atoms with Gasteiger partial charge in [-0.1, -0.05) is 11.6 Å². The van der Waals surface area contributed by atoms with Crippen molar-refractivity contribution in [1.29, 1.82) is 0 Å². The van der Waals surface area contributed by atoms with Crippen molar-refractivity contribution in [3.63, 3.8) is 0 Å². The number of hydrogen-bond acceptors (Lipinski definition) is 3. The van der Waals surface area contributed by atoms with Crippen LogP contribution in [0.4, 0.5) is 30.4 Å². The molecule has 2 aromatic rings. The van der Waals surface area contributed by atoms with Crippen LogP contribution in [0, 0.1) is 0 Å². The molecule has 0 fully saturated rings. The molecule has 100 valence electrons. The number of nitrogens with zero attached hydrogens (tertiary/aromatic N) is 1. The van der Waals surface area contributed by atoms with Gasteiger partial charge in [-0.25, -0.2) is 4.98 Å². The second-order valence-corrected chi connectivity index (χ2v) is 4.16. The molecular weight excluding hydrogens is 279 g/mol. The lowest BCUT2D eigenvalue weighted by molar-refractivity contribution is -0.137. The minimum Gasteiger partial charge on any atom is -0.396 e. The van der Waals surface area contributed by atoms with Crippen LogP contribution in [-0.4, -0.2) is 4.98 Å². The van der Waals surface area contributed by atoms with Gasteiger partial charge >= 0.3 is 6.18 Å². The number of aromatic nitrogens is 1. The monoisotopic (exact) mass is 287 g/mol. The van der Waals surface area contributed by atoms with E-state index in [0.717, 1.165) is 12.1 Å². The zero-order valence-corrected chi connectivity index (χ0v) is 10.3. The number of hydrogen-bond donors (Lipinski definition) is 2. The highest BCUT2D eigenvalue weighted by molar-refractivity contribution is 6.29. The lowest BCUT2D eigenvalue weighted by atomic mass is 10.2. The predicted octanol–water partition coefficient (Wildman–Crippen LogP) is 4.08. The summed E-state index contributed by atoms with van der Waals surface area (Å²) in [4.78, 5) is 3.95. The van der Waals surface area contributed by atoms with E-state index in [1.54, 1.807) is 6.07 Å². The number of alkyl halides is 3. The van der Waals surface area contributed by atoms with Gasteiger partial charge in [0.1, 0.15) is 5.15 Å². The maximum atomic E-state index is 12.4. The molecule has 0 atom stereocenters. The van der Waals surface area contributed by atoms with E-state index < -0.39 is 11.7 Å². The minimum absolute atomic E-state index is 0.239. The van der Waals surface area contributed by atoms with E-state index in [2.05, 4.69) is 10.3 Å². The molecular formula is C12H9ClF3N3. The van der Waals surface area contributed by atoms with Crippen molar-refractivity contribution in [3.8, 4) is 0 Å². The predicted molar refractivity (Wildman–Crippen MR) is 68.4 cm³/mol. The third-order valence-corrected chi connectivity index (χ3v) is 2.58. The molecule has 0 amide bonds. The lowest BCUT2D eigenvalue weighted by Crippen LogP contribution is -2.05. The largest absolute Gasteiger partial charge is 0.416 e. The second kappa shape index (κ2) is 4.97. The molecule has 0 aliphatic carbocycles. The van der Waals surface area contributed by atoms with Crippen molar-refractivity contribution in [2.24, 2.45) is 0 Å². The first kappa shape index (κ1) is 13.5. The summed E-state index contributed by atoms with van der Waals surface area (Å²) in [5, 5.41) is 3.04. The van der Waals surface area contributed by atoms with Gasteiger partial charge in [0.25, 0.3) is 0 Å². The van der Waals surface area contributed by atoms with Gasteiger partial charge in [-0.05, 0) is 36.4 Å². The molecule has 0 radical (unpaired) electrons. The fourth-order valence-corrected chi connectivity index (χ4v) is 1.57. The van der Waals surface area contributed by atoms with E-state index in [4.69, 9.17) is 17.3 Å². The molecule has 3 N–H and O–H groups in total. The van der Waals surface area contributed by atoms with Crippen LogP contribution < -0.4 is 11.1 Å². The fourth-order valence-electron chi connectivity index (χ4n) is 1.43. The summed E-state index contributed by atoms with van der Waals surface area (Å²) in [5.41, 5.74) is 5.75. The van der Waals surface area contributed by atoms with E-state index in [9.17, 15) is 13.2 Å². The molecule has 1 aromatic carbocycles. The van der Waals surface area contributed by atoms with Crippen LogP contribution in [0.2, 0.25) is 5.15 Å². The minimum atomic E-state index is -4.36. The van der Waals surface area contributed by atoms with Crippen molar-refractivity contribution in [1.82, 2.24) is 4.98 Å². The molecule has 0 aliphatic heterocycles. The summed E-state index contributed by atoms with van der Waals surface area (Å²) in [5.74, 6) is 0.298. The van der Waals surface area contributed by atoms with E-state index in [-0.39, 0.29) is 5.15 Å². The first-order chi connectivity index (χ1) is 8.86. The van der Waals surface area contributed by atoms with E-state index in [1.807, 2.05) is 0 Å². The molecule has 2 rings (SSSR count). The van der Waals surface area contributed by atoms with Gasteiger partial charge in [0.15, 0.2) is 5.82 Å². The molecule has 0 aliphatic rings. The van der Waals surface area contributed by atoms with Gasteiger partial charge in [0, 0.05) is 5.69 Å². The Morgan fingerprint density at radius 3 is 2.26 bits per heavy atom. The number of halogens is 4. The SMILES string of the molecule is Nc1ccc(Cl)nc1Nc1ccc(C(F)(F)F)cc1. The van der Waals surface area contributed by atoms with Crippen LogP contribution in [0.5, 0.6) is 0 Å². The van der Waals surface area contributed by atoms with Crippen LogP contribution in [-0.2, 0) is 6.18 Å². The molecule has 0 saturated heterocycles. The molecule has 1 heterocycles. The first-order valence-electron chi connectivity index (χ1n) is 5.22. The topological polar surface area (TPSA) is 50.9 Å². The van der Waals surface area contributed by atoms with Crippen LogP contribution in [0.25, 0.3) is 0 Å². The molecule has 3 nitrogen and oxygen atoms in total. The molecule has 7 heteroatoms. The first-order valence-corrected chi connectivity index (χ1v) is 5.60. The summed E-state index contributed by atoms with van der Waals surface area (Å²) in [6.45, 7) is 0. The molecule has 0 spiro atoms. The third kappa shape index (κ3) is 3.29. The van der Waals surface area contributed by atoms with Gasteiger partial charge in [-0.3, -0.25) is 0 Å². The molecule has 0 saturated carbocycles.